The number of aliphatic carboxylic acids is 1. The van der Waals surface area contributed by atoms with E-state index in [1.165, 1.54) is 4.90 Å². The van der Waals surface area contributed by atoms with Gasteiger partial charge in [-0.15, -0.1) is 0 Å². The molecule has 0 aromatic rings. The van der Waals surface area contributed by atoms with Crippen LogP contribution in [0.2, 0.25) is 0 Å². The molecule has 2 aliphatic heterocycles. The summed E-state index contributed by atoms with van der Waals surface area (Å²) in [6.07, 6.45) is 4.81. The first-order chi connectivity index (χ1) is 8.18. The van der Waals surface area contributed by atoms with Gasteiger partial charge in [-0.1, -0.05) is 0 Å². The first-order valence-electron chi connectivity index (χ1n) is 6.32. The van der Waals surface area contributed by atoms with Crippen molar-refractivity contribution >= 4 is 11.9 Å². The minimum absolute atomic E-state index is 0.0367. The van der Waals surface area contributed by atoms with Crippen molar-refractivity contribution in [2.45, 2.75) is 50.7 Å². The molecule has 2 fully saturated rings. The standard InChI is InChI=1S/C12H19NO4/c14-11(6-5-9-3-2-8-17-9)13-7-1-4-10(13)12(15)16/h9-10H,1-8H2,(H,15,16)/t9?,10-/m0/s1. The normalized spacial score (nSPS) is 28.6. The van der Waals surface area contributed by atoms with Crippen molar-refractivity contribution < 1.29 is 19.4 Å². The summed E-state index contributed by atoms with van der Waals surface area (Å²) in [4.78, 5) is 24.4. The van der Waals surface area contributed by atoms with Crippen molar-refractivity contribution in [2.24, 2.45) is 0 Å². The number of ether oxygens (including phenoxy) is 1. The summed E-state index contributed by atoms with van der Waals surface area (Å²) in [6, 6.07) is -0.605. The van der Waals surface area contributed by atoms with Crippen LogP contribution in [0, 0.1) is 0 Å². The van der Waals surface area contributed by atoms with Gasteiger partial charge >= 0.3 is 5.97 Å². The fraction of sp³-hybridized carbons (Fsp3) is 0.833. The minimum atomic E-state index is -0.882. The van der Waals surface area contributed by atoms with E-state index >= 15 is 0 Å². The Morgan fingerprint density at radius 1 is 1.29 bits per heavy atom. The van der Waals surface area contributed by atoms with Crippen LogP contribution in [-0.4, -0.2) is 47.2 Å². The van der Waals surface area contributed by atoms with Crippen LogP contribution in [0.5, 0.6) is 0 Å². The highest BCUT2D eigenvalue weighted by atomic mass is 16.5. The van der Waals surface area contributed by atoms with Gasteiger partial charge in [0.15, 0.2) is 0 Å². The van der Waals surface area contributed by atoms with Gasteiger partial charge in [0.25, 0.3) is 0 Å². The van der Waals surface area contributed by atoms with E-state index in [-0.39, 0.29) is 12.0 Å². The molecule has 0 spiro atoms. The molecule has 5 heteroatoms. The summed E-state index contributed by atoms with van der Waals surface area (Å²) in [6.45, 7) is 1.38. The zero-order valence-electron chi connectivity index (χ0n) is 9.93. The third kappa shape index (κ3) is 2.97. The van der Waals surface area contributed by atoms with Crippen molar-refractivity contribution in [3.8, 4) is 0 Å². The molecule has 2 aliphatic rings. The molecule has 1 N–H and O–H groups in total. The number of hydrogen-bond donors (Lipinski definition) is 1. The maximum atomic E-state index is 11.9. The van der Waals surface area contributed by atoms with Crippen LogP contribution in [0.4, 0.5) is 0 Å². The lowest BCUT2D eigenvalue weighted by molar-refractivity contribution is -0.148. The van der Waals surface area contributed by atoms with Crippen LogP contribution in [0.3, 0.4) is 0 Å². The molecule has 0 aromatic heterocycles. The maximum Gasteiger partial charge on any atom is 0.326 e. The van der Waals surface area contributed by atoms with Crippen molar-refractivity contribution in [1.29, 1.82) is 0 Å². The summed E-state index contributed by atoms with van der Waals surface area (Å²) in [5.41, 5.74) is 0. The number of carboxylic acid groups (broad SMARTS) is 1. The quantitative estimate of drug-likeness (QED) is 0.798. The monoisotopic (exact) mass is 241 g/mol. The molecule has 0 aromatic carbocycles. The van der Waals surface area contributed by atoms with E-state index in [1.54, 1.807) is 0 Å². The number of hydrogen-bond acceptors (Lipinski definition) is 3. The van der Waals surface area contributed by atoms with Crippen LogP contribution in [0.1, 0.15) is 38.5 Å². The molecule has 2 atom stereocenters. The summed E-state index contributed by atoms with van der Waals surface area (Å²) in [5.74, 6) is -0.918. The Balaban J connectivity index is 1.80. The van der Waals surface area contributed by atoms with E-state index in [4.69, 9.17) is 9.84 Å². The summed E-state index contributed by atoms with van der Waals surface area (Å²) in [5, 5.41) is 8.99. The molecule has 2 rings (SSSR count). The summed E-state index contributed by atoms with van der Waals surface area (Å²) >= 11 is 0. The number of carboxylic acids is 1. The average molecular weight is 241 g/mol. The van der Waals surface area contributed by atoms with E-state index in [2.05, 4.69) is 0 Å². The Kier molecular flexibility index (Phi) is 3.99. The van der Waals surface area contributed by atoms with Gasteiger partial charge < -0.3 is 14.7 Å². The third-order valence-electron chi connectivity index (χ3n) is 3.56. The highest BCUT2D eigenvalue weighted by molar-refractivity contribution is 5.84. The van der Waals surface area contributed by atoms with Crippen LogP contribution < -0.4 is 0 Å². The Hall–Kier alpha value is -1.10. The van der Waals surface area contributed by atoms with Crippen molar-refractivity contribution in [1.82, 2.24) is 4.90 Å². The fourth-order valence-corrected chi connectivity index (χ4v) is 2.62. The van der Waals surface area contributed by atoms with Gasteiger partial charge in [0, 0.05) is 19.6 Å². The van der Waals surface area contributed by atoms with E-state index < -0.39 is 12.0 Å². The lowest BCUT2D eigenvalue weighted by Crippen LogP contribution is -2.40. The van der Waals surface area contributed by atoms with E-state index in [0.717, 1.165) is 32.3 Å². The maximum absolute atomic E-state index is 11.9. The summed E-state index contributed by atoms with van der Waals surface area (Å²) < 4.78 is 5.45. The lowest BCUT2D eigenvalue weighted by Gasteiger charge is -2.22. The molecule has 0 bridgehead atoms. The number of rotatable bonds is 4. The number of likely N-dealkylation sites (tertiary alicyclic amines) is 1. The molecular weight excluding hydrogens is 222 g/mol. The third-order valence-corrected chi connectivity index (χ3v) is 3.56. The molecule has 2 heterocycles. The Morgan fingerprint density at radius 3 is 2.76 bits per heavy atom. The SMILES string of the molecule is O=C(O)[C@@H]1CCCN1C(=O)CCC1CCCO1. The van der Waals surface area contributed by atoms with Crippen molar-refractivity contribution in [3.63, 3.8) is 0 Å². The second-order valence-electron chi connectivity index (χ2n) is 4.76. The molecule has 96 valence electrons. The molecule has 17 heavy (non-hydrogen) atoms. The molecule has 5 nitrogen and oxygen atoms in total. The molecule has 2 saturated heterocycles. The first-order valence-corrected chi connectivity index (χ1v) is 6.32. The van der Waals surface area contributed by atoms with Gasteiger partial charge in [-0.3, -0.25) is 4.79 Å². The van der Waals surface area contributed by atoms with Crippen LogP contribution in [-0.2, 0) is 14.3 Å². The molecule has 0 radical (unpaired) electrons. The number of nitrogens with zero attached hydrogens (tertiary/aromatic N) is 1. The van der Waals surface area contributed by atoms with E-state index in [1.807, 2.05) is 0 Å². The Labute approximate surface area is 101 Å². The second-order valence-corrected chi connectivity index (χ2v) is 4.76. The number of amides is 1. The van der Waals surface area contributed by atoms with E-state index in [9.17, 15) is 9.59 Å². The molecule has 0 saturated carbocycles. The second kappa shape index (κ2) is 5.49. The van der Waals surface area contributed by atoms with Crippen LogP contribution in [0.15, 0.2) is 0 Å². The predicted octanol–water partition coefficient (Wildman–Crippen LogP) is 1.02. The lowest BCUT2D eigenvalue weighted by atomic mass is 10.1. The first kappa shape index (κ1) is 12.4. The fourth-order valence-electron chi connectivity index (χ4n) is 2.62. The summed E-state index contributed by atoms with van der Waals surface area (Å²) in [7, 11) is 0. The Morgan fingerprint density at radius 2 is 2.12 bits per heavy atom. The number of carbonyl (C=O) groups excluding carboxylic acids is 1. The minimum Gasteiger partial charge on any atom is -0.480 e. The zero-order valence-corrected chi connectivity index (χ0v) is 9.93. The number of carbonyl (C=O) groups is 2. The molecular formula is C12H19NO4. The van der Waals surface area contributed by atoms with Gasteiger partial charge in [0.2, 0.25) is 5.91 Å². The average Bonchev–Trinajstić information content (AvgIpc) is 2.96. The highest BCUT2D eigenvalue weighted by Gasteiger charge is 2.33. The smallest absolute Gasteiger partial charge is 0.326 e. The Bertz CT molecular complexity index is 299. The van der Waals surface area contributed by atoms with Crippen molar-refractivity contribution in [3.05, 3.63) is 0 Å². The van der Waals surface area contributed by atoms with Gasteiger partial charge in [-0.2, -0.15) is 0 Å². The van der Waals surface area contributed by atoms with Crippen LogP contribution in [0.25, 0.3) is 0 Å². The van der Waals surface area contributed by atoms with Gasteiger partial charge in [0.05, 0.1) is 6.10 Å². The largest absolute Gasteiger partial charge is 0.480 e. The molecule has 1 amide bonds. The van der Waals surface area contributed by atoms with Gasteiger partial charge in [-0.25, -0.2) is 4.79 Å². The molecule has 0 aliphatic carbocycles. The topological polar surface area (TPSA) is 66.8 Å². The van der Waals surface area contributed by atoms with Gasteiger partial charge in [-0.05, 0) is 32.1 Å². The highest BCUT2D eigenvalue weighted by Crippen LogP contribution is 2.21. The van der Waals surface area contributed by atoms with Gasteiger partial charge in [0.1, 0.15) is 6.04 Å². The zero-order chi connectivity index (χ0) is 12.3. The van der Waals surface area contributed by atoms with E-state index in [0.29, 0.717) is 19.4 Å². The predicted molar refractivity (Wildman–Crippen MR) is 60.6 cm³/mol. The van der Waals surface area contributed by atoms with Crippen LogP contribution >= 0.6 is 0 Å². The van der Waals surface area contributed by atoms with Crippen molar-refractivity contribution in [2.75, 3.05) is 13.2 Å². The molecule has 1 unspecified atom stereocenters.